The van der Waals surface area contributed by atoms with Crippen molar-refractivity contribution in [3.05, 3.63) is 29.2 Å². The van der Waals surface area contributed by atoms with E-state index < -0.39 is 10.1 Å². The zero-order valence-electron chi connectivity index (χ0n) is 7.99. The zero-order valence-corrected chi connectivity index (χ0v) is 8.81. The summed E-state index contributed by atoms with van der Waals surface area (Å²) in [5.74, 6) is 0. The van der Waals surface area contributed by atoms with Crippen LogP contribution in [-0.4, -0.2) is 19.5 Å². The summed E-state index contributed by atoms with van der Waals surface area (Å²) < 4.78 is 30.1. The Kier molecular flexibility index (Phi) is 3.38. The van der Waals surface area contributed by atoms with Crippen molar-refractivity contribution in [1.82, 2.24) is 0 Å². The van der Waals surface area contributed by atoms with Gasteiger partial charge < -0.3 is 0 Å². The Labute approximate surface area is 87.2 Å². The van der Waals surface area contributed by atoms with Crippen LogP contribution in [0, 0.1) is 4.91 Å². The third-order valence-electron chi connectivity index (χ3n) is 1.83. The molecule has 0 aliphatic heterocycles. The standard InChI is InChI=1S/C8H10N2O4S/c1-2-10(9-11)7-3-5-8(6-4-7)15(12,13)14/h3-6H,2H2,1H3,(H,12,13,14). The lowest BCUT2D eigenvalue weighted by Crippen LogP contribution is -2.13. The lowest BCUT2D eigenvalue weighted by atomic mass is 10.3. The number of anilines is 1. The predicted octanol–water partition coefficient (Wildman–Crippen LogP) is 1.44. The van der Waals surface area contributed by atoms with Crippen LogP contribution in [0.3, 0.4) is 0 Å². The Bertz CT molecular complexity index is 440. The van der Waals surface area contributed by atoms with Gasteiger partial charge in [0.2, 0.25) is 0 Å². The maximum absolute atomic E-state index is 10.7. The highest BCUT2D eigenvalue weighted by Gasteiger charge is 2.10. The van der Waals surface area contributed by atoms with Gasteiger partial charge >= 0.3 is 0 Å². The third-order valence-corrected chi connectivity index (χ3v) is 2.70. The average Bonchev–Trinajstić information content (AvgIpc) is 2.19. The van der Waals surface area contributed by atoms with Crippen molar-refractivity contribution in [3.8, 4) is 0 Å². The van der Waals surface area contributed by atoms with E-state index in [1.807, 2.05) is 0 Å². The van der Waals surface area contributed by atoms with E-state index >= 15 is 0 Å². The van der Waals surface area contributed by atoms with Crippen LogP contribution in [-0.2, 0) is 10.1 Å². The molecule has 1 rings (SSSR count). The van der Waals surface area contributed by atoms with Crippen LogP contribution in [0.2, 0.25) is 0 Å². The summed E-state index contributed by atoms with van der Waals surface area (Å²) in [5, 5.41) is 3.90. The van der Waals surface area contributed by atoms with Crippen LogP contribution in [0.4, 0.5) is 5.69 Å². The molecule has 0 radical (unpaired) electrons. The second-order valence-corrected chi connectivity index (χ2v) is 4.19. The monoisotopic (exact) mass is 230 g/mol. The number of nitroso groups, excluding NO2 is 1. The van der Waals surface area contributed by atoms with Crippen molar-refractivity contribution >= 4 is 15.8 Å². The molecule has 0 aliphatic carbocycles. The molecule has 1 aromatic carbocycles. The minimum Gasteiger partial charge on any atom is -0.282 e. The molecule has 0 atom stereocenters. The molecule has 6 nitrogen and oxygen atoms in total. The SMILES string of the molecule is CCN(N=O)c1ccc(S(=O)(=O)O)cc1. The molecule has 0 aliphatic rings. The van der Waals surface area contributed by atoms with Crippen molar-refractivity contribution in [2.45, 2.75) is 11.8 Å². The maximum Gasteiger partial charge on any atom is 0.294 e. The molecule has 0 heterocycles. The quantitative estimate of drug-likeness (QED) is 0.480. The van der Waals surface area contributed by atoms with Gasteiger partial charge in [0, 0.05) is 6.54 Å². The Morgan fingerprint density at radius 2 is 1.87 bits per heavy atom. The van der Waals surface area contributed by atoms with Gasteiger partial charge in [0.25, 0.3) is 10.1 Å². The lowest BCUT2D eigenvalue weighted by molar-refractivity contribution is 0.483. The summed E-state index contributed by atoms with van der Waals surface area (Å²) in [5.41, 5.74) is 0.472. The van der Waals surface area contributed by atoms with Gasteiger partial charge in [0.05, 0.1) is 15.9 Å². The Balaban J connectivity index is 3.05. The summed E-state index contributed by atoms with van der Waals surface area (Å²) in [4.78, 5) is 10.1. The predicted molar refractivity (Wildman–Crippen MR) is 55.1 cm³/mol. The minimum absolute atomic E-state index is 0.215. The van der Waals surface area contributed by atoms with Gasteiger partial charge in [-0.25, -0.2) is 5.01 Å². The van der Waals surface area contributed by atoms with Gasteiger partial charge in [0.1, 0.15) is 0 Å². The van der Waals surface area contributed by atoms with E-state index in [9.17, 15) is 13.3 Å². The first-order valence-corrected chi connectivity index (χ1v) is 5.61. The van der Waals surface area contributed by atoms with Crippen molar-refractivity contribution < 1.29 is 13.0 Å². The van der Waals surface area contributed by atoms with E-state index in [1.54, 1.807) is 6.92 Å². The number of hydrogen-bond donors (Lipinski definition) is 1. The second-order valence-electron chi connectivity index (χ2n) is 2.77. The van der Waals surface area contributed by atoms with Crippen molar-refractivity contribution in [2.75, 3.05) is 11.6 Å². The van der Waals surface area contributed by atoms with Gasteiger partial charge in [-0.15, -0.1) is 4.91 Å². The van der Waals surface area contributed by atoms with E-state index in [4.69, 9.17) is 4.55 Å². The van der Waals surface area contributed by atoms with E-state index in [-0.39, 0.29) is 4.90 Å². The fraction of sp³-hybridized carbons (Fsp3) is 0.250. The molecule has 0 saturated carbocycles. The Morgan fingerprint density at radius 1 is 1.33 bits per heavy atom. The number of benzene rings is 1. The van der Waals surface area contributed by atoms with Crippen LogP contribution in [0.15, 0.2) is 34.4 Å². The Morgan fingerprint density at radius 3 is 2.20 bits per heavy atom. The molecule has 0 unspecified atom stereocenters. The van der Waals surface area contributed by atoms with Crippen LogP contribution in [0.5, 0.6) is 0 Å². The molecule has 7 heteroatoms. The first kappa shape index (κ1) is 11.6. The van der Waals surface area contributed by atoms with Gasteiger partial charge in [-0.1, -0.05) is 0 Å². The van der Waals surface area contributed by atoms with E-state index in [0.717, 1.165) is 5.01 Å². The molecule has 82 valence electrons. The second kappa shape index (κ2) is 4.37. The van der Waals surface area contributed by atoms with E-state index in [1.165, 1.54) is 24.3 Å². The maximum atomic E-state index is 10.7. The van der Waals surface area contributed by atoms with Crippen LogP contribution >= 0.6 is 0 Å². The van der Waals surface area contributed by atoms with Gasteiger partial charge in [-0.2, -0.15) is 8.42 Å². The first-order valence-electron chi connectivity index (χ1n) is 4.17. The smallest absolute Gasteiger partial charge is 0.282 e. The number of nitrogens with zero attached hydrogens (tertiary/aromatic N) is 2. The topological polar surface area (TPSA) is 87.0 Å². The molecule has 0 amide bonds. The van der Waals surface area contributed by atoms with E-state index in [2.05, 4.69) is 5.29 Å². The fourth-order valence-electron chi connectivity index (χ4n) is 1.08. The Hall–Kier alpha value is -1.47. The molecule has 0 spiro atoms. The largest absolute Gasteiger partial charge is 0.294 e. The van der Waals surface area contributed by atoms with Crippen molar-refractivity contribution in [2.24, 2.45) is 5.29 Å². The molecule has 0 fully saturated rings. The third kappa shape index (κ3) is 2.74. The highest BCUT2D eigenvalue weighted by atomic mass is 32.2. The highest BCUT2D eigenvalue weighted by molar-refractivity contribution is 7.85. The molecular formula is C8H10N2O4S. The lowest BCUT2D eigenvalue weighted by Gasteiger charge is -2.12. The average molecular weight is 230 g/mol. The molecule has 0 bridgehead atoms. The molecule has 1 N–H and O–H groups in total. The van der Waals surface area contributed by atoms with Crippen LogP contribution in [0.25, 0.3) is 0 Å². The molecule has 15 heavy (non-hydrogen) atoms. The van der Waals surface area contributed by atoms with Gasteiger partial charge in [-0.05, 0) is 31.2 Å². The van der Waals surface area contributed by atoms with Gasteiger partial charge in [-0.3, -0.25) is 4.55 Å². The zero-order chi connectivity index (χ0) is 11.5. The number of hydrogen-bond acceptors (Lipinski definition) is 4. The summed E-state index contributed by atoms with van der Waals surface area (Å²) >= 11 is 0. The van der Waals surface area contributed by atoms with Crippen molar-refractivity contribution in [1.29, 1.82) is 0 Å². The normalized spacial score (nSPS) is 11.1. The minimum atomic E-state index is -4.19. The van der Waals surface area contributed by atoms with Gasteiger partial charge in [0.15, 0.2) is 0 Å². The summed E-state index contributed by atoms with van der Waals surface area (Å²) in [6.45, 7) is 2.12. The summed E-state index contributed by atoms with van der Waals surface area (Å²) in [7, 11) is -4.19. The molecular weight excluding hydrogens is 220 g/mol. The molecule has 0 saturated heterocycles. The van der Waals surface area contributed by atoms with Crippen LogP contribution in [0.1, 0.15) is 6.92 Å². The molecule has 1 aromatic rings. The first-order chi connectivity index (χ1) is 6.99. The summed E-state index contributed by atoms with van der Waals surface area (Å²) in [6.07, 6.45) is 0. The number of rotatable bonds is 4. The summed E-state index contributed by atoms with van der Waals surface area (Å²) in [6, 6.07) is 5.21. The highest BCUT2D eigenvalue weighted by Crippen LogP contribution is 2.17. The fourth-order valence-corrected chi connectivity index (χ4v) is 1.56. The van der Waals surface area contributed by atoms with Crippen LogP contribution < -0.4 is 5.01 Å². The van der Waals surface area contributed by atoms with Crippen molar-refractivity contribution in [3.63, 3.8) is 0 Å². The van der Waals surface area contributed by atoms with E-state index in [0.29, 0.717) is 12.2 Å². The molecule has 0 aromatic heterocycles.